The van der Waals surface area contributed by atoms with Gasteiger partial charge in [0.2, 0.25) is 0 Å². The molecule has 2 heterocycles. The van der Waals surface area contributed by atoms with Crippen LogP contribution in [0.1, 0.15) is 10.5 Å². The van der Waals surface area contributed by atoms with Gasteiger partial charge in [-0.1, -0.05) is 30.3 Å². The van der Waals surface area contributed by atoms with Crippen LogP contribution < -0.4 is 5.73 Å². The molecule has 5 nitrogen and oxygen atoms in total. The van der Waals surface area contributed by atoms with Crippen LogP contribution in [-0.4, -0.2) is 47.7 Å². The normalized spacial score (nSPS) is 18.5. The molecule has 1 aromatic carbocycles. The highest BCUT2D eigenvalue weighted by Gasteiger charge is 2.26. The Morgan fingerprint density at radius 1 is 1.27 bits per heavy atom. The van der Waals surface area contributed by atoms with Crippen LogP contribution in [0.5, 0.6) is 0 Å². The Hall–Kier alpha value is -2.11. The van der Waals surface area contributed by atoms with E-state index in [0.29, 0.717) is 31.9 Å². The predicted octanol–water partition coefficient (Wildman–Crippen LogP) is 1.49. The van der Waals surface area contributed by atoms with Gasteiger partial charge in [0.25, 0.3) is 5.91 Å². The topological polar surface area (TPSA) is 60.5 Å². The molecule has 1 atom stereocenters. The highest BCUT2D eigenvalue weighted by Crippen LogP contribution is 2.22. The zero-order valence-corrected chi connectivity index (χ0v) is 12.7. The highest BCUT2D eigenvalue weighted by atomic mass is 16.5. The first-order valence-corrected chi connectivity index (χ1v) is 7.53. The Morgan fingerprint density at radius 3 is 2.77 bits per heavy atom. The number of hydrogen-bond donors (Lipinski definition) is 1. The quantitative estimate of drug-likeness (QED) is 0.934. The molecular weight excluding hydrogens is 278 g/mol. The minimum Gasteiger partial charge on any atom is -0.373 e. The number of hydrogen-bond acceptors (Lipinski definition) is 3. The first kappa shape index (κ1) is 14.8. The number of carbonyl (C=O) groups excluding carboxylic acids is 1. The molecule has 1 aliphatic rings. The summed E-state index contributed by atoms with van der Waals surface area (Å²) in [5, 5.41) is 0. The minimum atomic E-state index is -0.0634. The number of nitrogens with two attached hydrogens (primary N) is 1. The molecule has 1 aromatic heterocycles. The summed E-state index contributed by atoms with van der Waals surface area (Å²) in [6.07, 6.45) is -0.0634. The second-order valence-corrected chi connectivity index (χ2v) is 5.51. The van der Waals surface area contributed by atoms with Gasteiger partial charge in [-0.2, -0.15) is 0 Å². The molecular formula is C17H21N3O2. The first-order valence-electron chi connectivity index (χ1n) is 7.53. The Kier molecular flexibility index (Phi) is 4.27. The van der Waals surface area contributed by atoms with E-state index in [1.54, 1.807) is 0 Å². The number of amides is 1. The number of morpholine rings is 1. The number of benzene rings is 1. The van der Waals surface area contributed by atoms with Gasteiger partial charge >= 0.3 is 0 Å². The van der Waals surface area contributed by atoms with E-state index < -0.39 is 0 Å². The fourth-order valence-corrected chi connectivity index (χ4v) is 2.83. The summed E-state index contributed by atoms with van der Waals surface area (Å²) >= 11 is 0. The van der Waals surface area contributed by atoms with Crippen LogP contribution in [0.25, 0.3) is 11.3 Å². The summed E-state index contributed by atoms with van der Waals surface area (Å²) in [5.41, 5.74) is 8.47. The van der Waals surface area contributed by atoms with Gasteiger partial charge in [0, 0.05) is 32.4 Å². The van der Waals surface area contributed by atoms with Gasteiger partial charge in [0.15, 0.2) is 0 Å². The number of aromatic nitrogens is 1. The maximum Gasteiger partial charge on any atom is 0.270 e. The third kappa shape index (κ3) is 2.77. The summed E-state index contributed by atoms with van der Waals surface area (Å²) < 4.78 is 7.47. The lowest BCUT2D eigenvalue weighted by atomic mass is 10.2. The van der Waals surface area contributed by atoms with Crippen LogP contribution in [0.2, 0.25) is 0 Å². The Bertz CT molecular complexity index is 651. The molecule has 0 radical (unpaired) electrons. The van der Waals surface area contributed by atoms with E-state index >= 15 is 0 Å². The number of rotatable bonds is 3. The maximum atomic E-state index is 12.7. The van der Waals surface area contributed by atoms with Crippen LogP contribution in [0.3, 0.4) is 0 Å². The zero-order valence-electron chi connectivity index (χ0n) is 12.7. The van der Waals surface area contributed by atoms with Crippen LogP contribution in [-0.2, 0) is 11.8 Å². The molecule has 5 heteroatoms. The van der Waals surface area contributed by atoms with E-state index in [9.17, 15) is 4.79 Å². The van der Waals surface area contributed by atoms with Crippen LogP contribution >= 0.6 is 0 Å². The number of nitrogens with zero attached hydrogens (tertiary/aromatic N) is 2. The van der Waals surface area contributed by atoms with E-state index in [4.69, 9.17) is 10.5 Å². The molecule has 1 aliphatic heterocycles. The highest BCUT2D eigenvalue weighted by molar-refractivity contribution is 5.94. The van der Waals surface area contributed by atoms with Crippen molar-refractivity contribution >= 4 is 5.91 Å². The molecule has 1 amide bonds. The first-order chi connectivity index (χ1) is 10.7. The minimum absolute atomic E-state index is 0.0337. The second kappa shape index (κ2) is 6.34. The zero-order chi connectivity index (χ0) is 15.5. The maximum absolute atomic E-state index is 12.7. The van der Waals surface area contributed by atoms with E-state index in [-0.39, 0.29) is 12.0 Å². The molecule has 116 valence electrons. The molecule has 0 saturated carbocycles. The van der Waals surface area contributed by atoms with Crippen molar-refractivity contribution in [3.05, 3.63) is 48.2 Å². The third-order valence-electron chi connectivity index (χ3n) is 4.10. The molecule has 0 bridgehead atoms. The van der Waals surface area contributed by atoms with E-state index in [1.165, 1.54) is 0 Å². The van der Waals surface area contributed by atoms with Gasteiger partial charge in [0.1, 0.15) is 5.69 Å². The SMILES string of the molecule is Cn1c(C(=O)N2CCOC(CN)C2)ccc1-c1ccccc1. The lowest BCUT2D eigenvalue weighted by Gasteiger charge is -2.32. The van der Waals surface area contributed by atoms with E-state index in [2.05, 4.69) is 0 Å². The van der Waals surface area contributed by atoms with Gasteiger partial charge in [-0.3, -0.25) is 4.79 Å². The van der Waals surface area contributed by atoms with Gasteiger partial charge in [-0.05, 0) is 17.7 Å². The van der Waals surface area contributed by atoms with Crippen molar-refractivity contribution in [2.75, 3.05) is 26.2 Å². The Balaban J connectivity index is 1.83. The van der Waals surface area contributed by atoms with Crippen molar-refractivity contribution in [3.8, 4) is 11.3 Å². The molecule has 0 aliphatic carbocycles. The van der Waals surface area contributed by atoms with Crippen LogP contribution in [0.15, 0.2) is 42.5 Å². The van der Waals surface area contributed by atoms with Gasteiger partial charge in [-0.15, -0.1) is 0 Å². The van der Waals surface area contributed by atoms with Crippen molar-refractivity contribution in [3.63, 3.8) is 0 Å². The fraction of sp³-hybridized carbons (Fsp3) is 0.353. The summed E-state index contributed by atoms with van der Waals surface area (Å²) in [6, 6.07) is 13.9. The largest absolute Gasteiger partial charge is 0.373 e. The molecule has 1 unspecified atom stereocenters. The van der Waals surface area contributed by atoms with Crippen molar-refractivity contribution in [2.45, 2.75) is 6.10 Å². The van der Waals surface area contributed by atoms with Crippen LogP contribution in [0, 0.1) is 0 Å². The van der Waals surface area contributed by atoms with Crippen molar-refractivity contribution in [1.29, 1.82) is 0 Å². The van der Waals surface area contributed by atoms with Crippen molar-refractivity contribution in [2.24, 2.45) is 12.8 Å². The summed E-state index contributed by atoms with van der Waals surface area (Å²) in [7, 11) is 1.93. The molecule has 0 spiro atoms. The molecule has 22 heavy (non-hydrogen) atoms. The Labute approximate surface area is 130 Å². The fourth-order valence-electron chi connectivity index (χ4n) is 2.83. The number of ether oxygens (including phenoxy) is 1. The second-order valence-electron chi connectivity index (χ2n) is 5.51. The Morgan fingerprint density at radius 2 is 2.05 bits per heavy atom. The third-order valence-corrected chi connectivity index (χ3v) is 4.10. The number of carbonyl (C=O) groups is 1. The molecule has 3 rings (SSSR count). The average molecular weight is 299 g/mol. The van der Waals surface area contributed by atoms with Gasteiger partial charge in [-0.25, -0.2) is 0 Å². The molecule has 2 N–H and O–H groups in total. The molecule has 1 fully saturated rings. The standard InChI is InChI=1S/C17H21N3O2/c1-19-15(13-5-3-2-4-6-13)7-8-16(19)17(21)20-9-10-22-14(11-18)12-20/h2-8,14H,9-12,18H2,1H3. The van der Waals surface area contributed by atoms with E-state index in [1.807, 2.05) is 59.0 Å². The smallest absolute Gasteiger partial charge is 0.270 e. The van der Waals surface area contributed by atoms with Crippen LogP contribution in [0.4, 0.5) is 0 Å². The van der Waals surface area contributed by atoms with Gasteiger partial charge < -0.3 is 19.9 Å². The average Bonchev–Trinajstić information content (AvgIpc) is 2.96. The summed E-state index contributed by atoms with van der Waals surface area (Å²) in [4.78, 5) is 14.6. The lowest BCUT2D eigenvalue weighted by molar-refractivity contribution is -0.0170. The predicted molar refractivity (Wildman–Crippen MR) is 85.5 cm³/mol. The van der Waals surface area contributed by atoms with Crippen molar-refractivity contribution < 1.29 is 9.53 Å². The lowest BCUT2D eigenvalue weighted by Crippen LogP contribution is -2.48. The monoisotopic (exact) mass is 299 g/mol. The van der Waals surface area contributed by atoms with E-state index in [0.717, 1.165) is 11.3 Å². The van der Waals surface area contributed by atoms with Crippen molar-refractivity contribution in [1.82, 2.24) is 9.47 Å². The molecule has 2 aromatic rings. The van der Waals surface area contributed by atoms with Gasteiger partial charge in [0.05, 0.1) is 12.7 Å². The summed E-state index contributed by atoms with van der Waals surface area (Å²) in [5.74, 6) is 0.0337. The molecule has 1 saturated heterocycles. The summed E-state index contributed by atoms with van der Waals surface area (Å²) in [6.45, 7) is 2.15.